The molecule has 1 unspecified atom stereocenters. The first-order valence-electron chi connectivity index (χ1n) is 7.26. The molecule has 0 bridgehead atoms. The van der Waals surface area contributed by atoms with E-state index in [4.69, 9.17) is 5.26 Å². The highest BCUT2D eigenvalue weighted by Crippen LogP contribution is 2.11. The van der Waals surface area contributed by atoms with Gasteiger partial charge in [-0.25, -0.2) is 13.4 Å². The third-order valence-electron chi connectivity index (χ3n) is 3.39. The Bertz CT molecular complexity index is 692. The van der Waals surface area contributed by atoms with Gasteiger partial charge in [-0.05, 0) is 31.0 Å². The molecule has 0 aromatic heterocycles. The van der Waals surface area contributed by atoms with E-state index in [0.717, 1.165) is 5.56 Å². The largest absolute Gasteiger partial charge is 0.357 e. The Labute approximate surface area is 131 Å². The Hall–Kier alpha value is -2.07. The number of nitrogens with one attached hydrogen (secondary N) is 2. The van der Waals surface area contributed by atoms with Crippen molar-refractivity contribution in [1.29, 1.82) is 5.26 Å². The molecule has 1 heterocycles. The standard InChI is InChI=1S/C15H20N4O2S/c1-2-17-15(19-14-6-7-22(20,21)11-14)18-10-13-5-3-4-12(8-13)9-16/h3-5,8,14H,2,6-7,10-11H2,1H3,(H2,17,18,19). The highest BCUT2D eigenvalue weighted by molar-refractivity contribution is 7.91. The van der Waals surface area contributed by atoms with Gasteiger partial charge in [0.2, 0.25) is 0 Å². The third kappa shape index (κ3) is 4.74. The van der Waals surface area contributed by atoms with Crippen LogP contribution in [0.1, 0.15) is 24.5 Å². The number of rotatable bonds is 4. The summed E-state index contributed by atoms with van der Waals surface area (Å²) in [6, 6.07) is 9.30. The van der Waals surface area contributed by atoms with Crippen LogP contribution in [-0.4, -0.2) is 38.5 Å². The number of nitrogens with zero attached hydrogens (tertiary/aromatic N) is 2. The molecule has 1 aliphatic rings. The lowest BCUT2D eigenvalue weighted by molar-refractivity contribution is 0.599. The molecule has 6 nitrogen and oxygen atoms in total. The summed E-state index contributed by atoms with van der Waals surface area (Å²) in [4.78, 5) is 4.46. The highest BCUT2D eigenvalue weighted by atomic mass is 32.2. The topological polar surface area (TPSA) is 94.3 Å². The van der Waals surface area contributed by atoms with Gasteiger partial charge in [-0.15, -0.1) is 0 Å². The second-order valence-corrected chi connectivity index (χ2v) is 7.48. The molecule has 22 heavy (non-hydrogen) atoms. The quantitative estimate of drug-likeness (QED) is 0.632. The molecular weight excluding hydrogens is 300 g/mol. The van der Waals surface area contributed by atoms with Crippen LogP contribution in [0.2, 0.25) is 0 Å². The predicted molar refractivity (Wildman–Crippen MR) is 86.2 cm³/mol. The minimum absolute atomic E-state index is 0.0896. The second kappa shape index (κ2) is 7.27. The highest BCUT2D eigenvalue weighted by Gasteiger charge is 2.28. The molecule has 2 N–H and O–H groups in total. The van der Waals surface area contributed by atoms with Crippen molar-refractivity contribution < 1.29 is 8.42 Å². The summed E-state index contributed by atoms with van der Waals surface area (Å²) in [5, 5.41) is 15.2. The average molecular weight is 320 g/mol. The zero-order chi connectivity index (χ0) is 16.0. The number of hydrogen-bond acceptors (Lipinski definition) is 4. The van der Waals surface area contributed by atoms with Gasteiger partial charge in [-0.3, -0.25) is 0 Å². The van der Waals surface area contributed by atoms with E-state index in [1.807, 2.05) is 19.1 Å². The zero-order valence-electron chi connectivity index (χ0n) is 12.5. The SMILES string of the molecule is CCNC(=NCc1cccc(C#N)c1)NC1CCS(=O)(=O)C1. The van der Waals surface area contributed by atoms with E-state index in [1.165, 1.54) is 0 Å². The molecule has 1 aromatic rings. The first-order chi connectivity index (χ1) is 10.5. The number of sulfone groups is 1. The third-order valence-corrected chi connectivity index (χ3v) is 5.16. The molecule has 1 saturated heterocycles. The monoisotopic (exact) mass is 320 g/mol. The maximum absolute atomic E-state index is 11.5. The molecule has 2 rings (SSSR count). The minimum Gasteiger partial charge on any atom is -0.357 e. The van der Waals surface area contributed by atoms with Crippen molar-refractivity contribution in [2.24, 2.45) is 4.99 Å². The molecule has 1 fully saturated rings. The molecular formula is C15H20N4O2S. The normalized spacial score (nSPS) is 20.4. The molecule has 0 saturated carbocycles. The molecule has 1 atom stereocenters. The van der Waals surface area contributed by atoms with Gasteiger partial charge in [-0.1, -0.05) is 12.1 Å². The van der Waals surface area contributed by atoms with E-state index in [9.17, 15) is 8.42 Å². The summed E-state index contributed by atoms with van der Waals surface area (Å²) < 4.78 is 23.0. The maximum Gasteiger partial charge on any atom is 0.191 e. The van der Waals surface area contributed by atoms with Gasteiger partial charge in [0, 0.05) is 12.6 Å². The lowest BCUT2D eigenvalue weighted by Crippen LogP contribution is -2.44. The molecule has 0 aliphatic carbocycles. The van der Waals surface area contributed by atoms with E-state index < -0.39 is 9.84 Å². The molecule has 118 valence electrons. The van der Waals surface area contributed by atoms with Crippen molar-refractivity contribution in [3.8, 4) is 6.07 Å². The molecule has 1 aliphatic heterocycles. The van der Waals surface area contributed by atoms with Crippen molar-refractivity contribution in [1.82, 2.24) is 10.6 Å². The van der Waals surface area contributed by atoms with E-state index in [-0.39, 0.29) is 17.5 Å². The lowest BCUT2D eigenvalue weighted by Gasteiger charge is -2.15. The fourth-order valence-electron chi connectivity index (χ4n) is 2.33. The molecule has 7 heteroatoms. The van der Waals surface area contributed by atoms with Crippen molar-refractivity contribution in [3.05, 3.63) is 35.4 Å². The van der Waals surface area contributed by atoms with E-state index in [1.54, 1.807) is 12.1 Å². The number of benzene rings is 1. The van der Waals surface area contributed by atoms with E-state index in [0.29, 0.717) is 31.0 Å². The molecule has 0 amide bonds. The summed E-state index contributed by atoms with van der Waals surface area (Å²) in [6.45, 7) is 3.09. The average Bonchev–Trinajstić information content (AvgIpc) is 2.84. The molecule has 1 aromatic carbocycles. The summed E-state index contributed by atoms with van der Waals surface area (Å²) in [6.07, 6.45) is 0.608. The first-order valence-corrected chi connectivity index (χ1v) is 9.09. The Morgan fingerprint density at radius 2 is 2.32 bits per heavy atom. The number of guanidine groups is 1. The lowest BCUT2D eigenvalue weighted by atomic mass is 10.1. The first kappa shape index (κ1) is 16.3. The second-order valence-electron chi connectivity index (χ2n) is 5.25. The van der Waals surface area contributed by atoms with Gasteiger partial charge in [-0.2, -0.15) is 5.26 Å². The van der Waals surface area contributed by atoms with Crippen LogP contribution in [0.5, 0.6) is 0 Å². The summed E-state index contributed by atoms with van der Waals surface area (Å²) in [5.41, 5.74) is 1.54. The maximum atomic E-state index is 11.5. The predicted octanol–water partition coefficient (Wildman–Crippen LogP) is 0.800. The Balaban J connectivity index is 2.02. The van der Waals surface area contributed by atoms with Crippen LogP contribution < -0.4 is 10.6 Å². The van der Waals surface area contributed by atoms with Crippen LogP contribution in [0.4, 0.5) is 0 Å². The van der Waals surface area contributed by atoms with Crippen LogP contribution in [0.3, 0.4) is 0 Å². The van der Waals surface area contributed by atoms with Crippen LogP contribution >= 0.6 is 0 Å². The smallest absolute Gasteiger partial charge is 0.191 e. The van der Waals surface area contributed by atoms with Crippen LogP contribution in [0.25, 0.3) is 0 Å². The van der Waals surface area contributed by atoms with Crippen LogP contribution in [0, 0.1) is 11.3 Å². The molecule has 0 spiro atoms. The van der Waals surface area contributed by atoms with Crippen molar-refractivity contribution in [2.75, 3.05) is 18.1 Å². The summed E-state index contributed by atoms with van der Waals surface area (Å²) >= 11 is 0. The van der Waals surface area contributed by atoms with E-state index >= 15 is 0 Å². The van der Waals surface area contributed by atoms with Crippen LogP contribution in [-0.2, 0) is 16.4 Å². The number of aliphatic imine (C=N–C) groups is 1. The minimum atomic E-state index is -2.91. The van der Waals surface area contributed by atoms with Crippen molar-refractivity contribution in [2.45, 2.75) is 25.9 Å². The number of hydrogen-bond donors (Lipinski definition) is 2. The molecule has 0 radical (unpaired) electrons. The fraction of sp³-hybridized carbons (Fsp3) is 0.467. The number of nitriles is 1. The summed E-state index contributed by atoms with van der Waals surface area (Å²) in [7, 11) is -2.91. The van der Waals surface area contributed by atoms with Crippen molar-refractivity contribution in [3.63, 3.8) is 0 Å². The van der Waals surface area contributed by atoms with Gasteiger partial charge < -0.3 is 10.6 Å². The van der Waals surface area contributed by atoms with E-state index in [2.05, 4.69) is 21.7 Å². The Kier molecular flexibility index (Phi) is 5.39. The Morgan fingerprint density at radius 1 is 1.50 bits per heavy atom. The Morgan fingerprint density at radius 3 is 2.95 bits per heavy atom. The van der Waals surface area contributed by atoms with Crippen molar-refractivity contribution >= 4 is 15.8 Å². The van der Waals surface area contributed by atoms with Gasteiger partial charge >= 0.3 is 0 Å². The van der Waals surface area contributed by atoms with Gasteiger partial charge in [0.15, 0.2) is 15.8 Å². The zero-order valence-corrected chi connectivity index (χ0v) is 13.4. The summed E-state index contributed by atoms with van der Waals surface area (Å²) in [5.74, 6) is 0.988. The van der Waals surface area contributed by atoms with Gasteiger partial charge in [0.05, 0.1) is 29.7 Å². The van der Waals surface area contributed by atoms with Gasteiger partial charge in [0.1, 0.15) is 0 Å². The fourth-order valence-corrected chi connectivity index (χ4v) is 4.01. The van der Waals surface area contributed by atoms with Crippen LogP contribution in [0.15, 0.2) is 29.3 Å². The van der Waals surface area contributed by atoms with Gasteiger partial charge in [0.25, 0.3) is 0 Å².